The van der Waals surface area contributed by atoms with Gasteiger partial charge in [0.05, 0.1) is 5.69 Å². The van der Waals surface area contributed by atoms with Gasteiger partial charge in [-0.25, -0.2) is 4.98 Å². The Hall–Kier alpha value is -0.160. The van der Waals surface area contributed by atoms with Gasteiger partial charge in [-0.05, 0) is 31.9 Å². The quantitative estimate of drug-likeness (QED) is 0.829. The van der Waals surface area contributed by atoms with E-state index in [-0.39, 0.29) is 0 Å². The van der Waals surface area contributed by atoms with Crippen LogP contribution in [0.1, 0.15) is 5.69 Å². The third kappa shape index (κ3) is 1.67. The summed E-state index contributed by atoms with van der Waals surface area (Å²) in [6, 6.07) is 0. The van der Waals surface area contributed by atoms with Crippen LogP contribution in [0.15, 0.2) is 9.34 Å². The number of hydrogen-bond acceptors (Lipinski definition) is 2. The molecule has 54 valence electrons. The SMILES string of the molecule is O=CCc1[nH]c(Br)nc1Br. The fraction of sp³-hybridized carbons (Fsp3) is 0.200. The van der Waals surface area contributed by atoms with Crippen molar-refractivity contribution in [3.63, 3.8) is 0 Å². The number of carbonyl (C=O) groups excluding carboxylic acids is 1. The molecule has 0 bridgehead atoms. The van der Waals surface area contributed by atoms with E-state index in [9.17, 15) is 4.79 Å². The van der Waals surface area contributed by atoms with Crippen molar-refractivity contribution in [1.82, 2.24) is 9.97 Å². The Morgan fingerprint density at radius 1 is 1.60 bits per heavy atom. The minimum atomic E-state index is 0.360. The van der Waals surface area contributed by atoms with Crippen LogP contribution in [0.25, 0.3) is 0 Å². The Bertz CT molecular complexity index is 246. The number of aromatic nitrogens is 2. The summed E-state index contributed by atoms with van der Waals surface area (Å²) in [5.74, 6) is 0. The van der Waals surface area contributed by atoms with Crippen LogP contribution in [0.2, 0.25) is 0 Å². The highest BCUT2D eigenvalue weighted by atomic mass is 79.9. The summed E-state index contributed by atoms with van der Waals surface area (Å²) >= 11 is 6.33. The van der Waals surface area contributed by atoms with E-state index in [0.29, 0.717) is 15.8 Å². The zero-order valence-corrected chi connectivity index (χ0v) is 8.07. The van der Waals surface area contributed by atoms with Gasteiger partial charge in [0.1, 0.15) is 10.9 Å². The number of nitrogens with zero attached hydrogens (tertiary/aromatic N) is 1. The molecule has 0 amide bonds. The first-order valence-electron chi connectivity index (χ1n) is 2.57. The first-order valence-corrected chi connectivity index (χ1v) is 4.16. The highest BCUT2D eigenvalue weighted by Gasteiger charge is 2.03. The fourth-order valence-corrected chi connectivity index (χ4v) is 1.67. The number of halogens is 2. The number of aromatic amines is 1. The van der Waals surface area contributed by atoms with Crippen molar-refractivity contribution in [2.45, 2.75) is 6.42 Å². The van der Waals surface area contributed by atoms with E-state index in [4.69, 9.17) is 0 Å². The van der Waals surface area contributed by atoms with Gasteiger partial charge in [0.25, 0.3) is 0 Å². The maximum absolute atomic E-state index is 10.1. The molecule has 1 aromatic heterocycles. The van der Waals surface area contributed by atoms with Crippen LogP contribution in [-0.4, -0.2) is 16.3 Å². The zero-order chi connectivity index (χ0) is 7.56. The van der Waals surface area contributed by atoms with Crippen molar-refractivity contribution < 1.29 is 4.79 Å². The largest absolute Gasteiger partial charge is 0.335 e. The van der Waals surface area contributed by atoms with E-state index in [0.717, 1.165) is 12.0 Å². The molecule has 0 aromatic carbocycles. The summed E-state index contributed by atoms with van der Waals surface area (Å²) in [6.45, 7) is 0. The number of H-pyrrole nitrogens is 1. The van der Waals surface area contributed by atoms with Gasteiger partial charge < -0.3 is 9.78 Å². The van der Waals surface area contributed by atoms with E-state index in [1.165, 1.54) is 0 Å². The van der Waals surface area contributed by atoms with Gasteiger partial charge >= 0.3 is 0 Å². The number of hydrogen-bond donors (Lipinski definition) is 1. The molecule has 1 rings (SSSR count). The Morgan fingerprint density at radius 3 is 2.70 bits per heavy atom. The smallest absolute Gasteiger partial charge is 0.175 e. The summed E-state index contributed by atoms with van der Waals surface area (Å²) in [5.41, 5.74) is 0.793. The van der Waals surface area contributed by atoms with E-state index >= 15 is 0 Å². The summed E-state index contributed by atoms with van der Waals surface area (Å²) in [5, 5.41) is 0. The second kappa shape index (κ2) is 3.30. The third-order valence-corrected chi connectivity index (χ3v) is 2.02. The molecular weight excluding hydrogens is 264 g/mol. The number of nitrogens with one attached hydrogen (secondary N) is 1. The summed E-state index contributed by atoms with van der Waals surface area (Å²) < 4.78 is 1.32. The Labute approximate surface area is 74.5 Å². The first kappa shape index (κ1) is 7.94. The summed E-state index contributed by atoms with van der Waals surface area (Å²) in [6.07, 6.45) is 1.18. The molecule has 0 aliphatic heterocycles. The minimum absolute atomic E-state index is 0.360. The van der Waals surface area contributed by atoms with Crippen LogP contribution in [0, 0.1) is 0 Å². The van der Waals surface area contributed by atoms with E-state index in [2.05, 4.69) is 41.8 Å². The number of rotatable bonds is 2. The van der Waals surface area contributed by atoms with E-state index < -0.39 is 0 Å². The minimum Gasteiger partial charge on any atom is -0.335 e. The summed E-state index contributed by atoms with van der Waals surface area (Å²) in [7, 11) is 0. The van der Waals surface area contributed by atoms with Gasteiger partial charge in [0, 0.05) is 6.42 Å². The van der Waals surface area contributed by atoms with Crippen molar-refractivity contribution in [1.29, 1.82) is 0 Å². The molecule has 0 aliphatic rings. The monoisotopic (exact) mass is 266 g/mol. The highest BCUT2D eigenvalue weighted by molar-refractivity contribution is 9.11. The van der Waals surface area contributed by atoms with Crippen molar-refractivity contribution in [2.24, 2.45) is 0 Å². The maximum atomic E-state index is 10.1. The lowest BCUT2D eigenvalue weighted by Crippen LogP contribution is -1.85. The molecule has 0 radical (unpaired) electrons. The molecule has 1 aromatic rings. The first-order chi connectivity index (χ1) is 4.74. The third-order valence-electron chi connectivity index (χ3n) is 0.987. The average molecular weight is 268 g/mol. The molecular formula is C5H4Br2N2O. The Balaban J connectivity index is 2.91. The van der Waals surface area contributed by atoms with E-state index in [1.807, 2.05) is 0 Å². The van der Waals surface area contributed by atoms with Gasteiger partial charge in [-0.2, -0.15) is 0 Å². The number of aldehydes is 1. The zero-order valence-electron chi connectivity index (χ0n) is 4.90. The van der Waals surface area contributed by atoms with Crippen LogP contribution in [-0.2, 0) is 11.2 Å². The van der Waals surface area contributed by atoms with Crippen LogP contribution in [0.4, 0.5) is 0 Å². The van der Waals surface area contributed by atoms with Crippen LogP contribution in [0.5, 0.6) is 0 Å². The van der Waals surface area contributed by atoms with Crippen molar-refractivity contribution in [3.8, 4) is 0 Å². The average Bonchev–Trinajstić information content (AvgIpc) is 2.13. The standard InChI is InChI=1S/C5H4Br2N2O/c6-4-3(1-2-10)8-5(7)9-4/h2H,1H2,(H,8,9). The lowest BCUT2D eigenvalue weighted by molar-refractivity contribution is -0.107. The molecule has 1 N–H and O–H groups in total. The molecule has 10 heavy (non-hydrogen) atoms. The molecule has 0 saturated carbocycles. The van der Waals surface area contributed by atoms with Gasteiger partial charge in [-0.1, -0.05) is 0 Å². The Kier molecular flexibility index (Phi) is 2.62. The second-order valence-electron chi connectivity index (χ2n) is 1.67. The topological polar surface area (TPSA) is 45.8 Å². The van der Waals surface area contributed by atoms with Crippen molar-refractivity contribution in [2.75, 3.05) is 0 Å². The molecule has 1 heterocycles. The van der Waals surface area contributed by atoms with Crippen LogP contribution < -0.4 is 0 Å². The van der Waals surface area contributed by atoms with Gasteiger partial charge in [-0.3, -0.25) is 0 Å². The Morgan fingerprint density at radius 2 is 2.30 bits per heavy atom. The molecule has 0 fully saturated rings. The highest BCUT2D eigenvalue weighted by Crippen LogP contribution is 2.16. The maximum Gasteiger partial charge on any atom is 0.175 e. The molecule has 0 atom stereocenters. The van der Waals surface area contributed by atoms with Crippen molar-refractivity contribution in [3.05, 3.63) is 15.0 Å². The molecule has 0 aliphatic carbocycles. The normalized spacial score (nSPS) is 9.80. The van der Waals surface area contributed by atoms with Crippen LogP contribution >= 0.6 is 31.9 Å². The predicted molar refractivity (Wildman–Crippen MR) is 43.8 cm³/mol. The number of carbonyl (C=O) groups is 1. The lowest BCUT2D eigenvalue weighted by Gasteiger charge is -1.84. The van der Waals surface area contributed by atoms with Crippen molar-refractivity contribution >= 4 is 38.1 Å². The fourth-order valence-electron chi connectivity index (χ4n) is 0.576. The number of imidazole rings is 1. The van der Waals surface area contributed by atoms with E-state index in [1.54, 1.807) is 0 Å². The molecule has 0 unspecified atom stereocenters. The molecule has 5 heteroatoms. The molecule has 3 nitrogen and oxygen atoms in total. The lowest BCUT2D eigenvalue weighted by atomic mass is 10.4. The predicted octanol–water partition coefficient (Wildman–Crippen LogP) is 1.68. The van der Waals surface area contributed by atoms with Gasteiger partial charge in [-0.15, -0.1) is 0 Å². The van der Waals surface area contributed by atoms with Gasteiger partial charge in [0.15, 0.2) is 4.73 Å². The molecule has 0 saturated heterocycles. The summed E-state index contributed by atoms with van der Waals surface area (Å²) in [4.78, 5) is 16.9. The second-order valence-corrected chi connectivity index (χ2v) is 3.17. The van der Waals surface area contributed by atoms with Gasteiger partial charge in [0.2, 0.25) is 0 Å². The molecule has 0 spiro atoms. The van der Waals surface area contributed by atoms with Crippen LogP contribution in [0.3, 0.4) is 0 Å².